The van der Waals surface area contributed by atoms with Gasteiger partial charge in [-0.25, -0.2) is 0 Å². The third-order valence-corrected chi connectivity index (χ3v) is 21.7. The number of hydrogen-bond acceptors (Lipinski definition) is 2. The van der Waals surface area contributed by atoms with E-state index in [0.29, 0.717) is 132 Å². The summed E-state index contributed by atoms with van der Waals surface area (Å²) in [5.74, 6) is 0. The van der Waals surface area contributed by atoms with E-state index in [2.05, 4.69) is 141 Å². The van der Waals surface area contributed by atoms with Crippen LogP contribution in [0.4, 0.5) is 34.1 Å². The first-order chi connectivity index (χ1) is 64.8. The number of hydrogen-bond donors (Lipinski definition) is 0. The summed E-state index contributed by atoms with van der Waals surface area (Å²) in [5.41, 5.74) is 8.90. The molecule has 0 N–H and O–H groups in total. The lowest BCUT2D eigenvalue weighted by atomic mass is 9.33. The summed E-state index contributed by atoms with van der Waals surface area (Å²) in [5, 5.41) is -0.649. The number of para-hydroxylation sites is 4. The molecule has 0 aliphatic carbocycles. The third-order valence-electron chi connectivity index (χ3n) is 21.7. The molecule has 2 aliphatic heterocycles. The van der Waals surface area contributed by atoms with Gasteiger partial charge in [-0.05, 0) is 245 Å². The van der Waals surface area contributed by atoms with Gasteiger partial charge in [-0.2, -0.15) is 0 Å². The summed E-state index contributed by atoms with van der Waals surface area (Å²) in [7, 11) is 0. The molecule has 0 saturated heterocycles. The molecule has 5 heteroatoms. The van der Waals surface area contributed by atoms with Crippen LogP contribution in [0.3, 0.4) is 0 Å². The Balaban J connectivity index is 1.17. The van der Waals surface area contributed by atoms with E-state index >= 15 is 0 Å². The fourth-order valence-corrected chi connectivity index (χ4v) is 18.1. The molecule has 0 amide bonds. The van der Waals surface area contributed by atoms with Crippen molar-refractivity contribution >= 4 is 101 Å². The van der Waals surface area contributed by atoms with E-state index in [1.54, 1.807) is 12.1 Å². The first kappa shape index (κ1) is 57.3. The molecule has 17 rings (SSSR count). The molecule has 0 unspecified atom stereocenters. The largest absolute Gasteiger partial charge is 0.310 e. The molecule has 118 heavy (non-hydrogen) atoms. The maximum absolute atomic E-state index is 11.2. The first-order valence-electron chi connectivity index (χ1n) is 52.6. The van der Waals surface area contributed by atoms with E-state index in [0.717, 1.165) is 22.3 Å². The highest BCUT2D eigenvalue weighted by atomic mass is 15.2. The minimum Gasteiger partial charge on any atom is -0.310 e. The standard InChI is InChI=1S/C113H121BN4/c1-107(2,3)66-73-34-30-38-80(54-73)90-58-77(70-111(13,14)15)59-91(81-39-31-35-74(55-81)67-108(4,5)6)105(90)117-100-64-84(115-96-46-26-22-42-86(96)87-43-23-27-47-97(87)115)50-52-94(100)114-95-53-51-85(116-98-48-28-24-44-88(98)89-45-25-29-49-99(89)116)65-101(95)118(103-63-79(72-113(19,20)21)62-102(117)104(103)114)106-92(82-40-32-36-75(56-82)68-109(7,8)9)60-78(71-112(16,17)18)61-93(106)83-41-33-37-76(57-83)69-110(10,11)12/h22-65H,66-72H2,1-21H3/i22D,23D,24D,25D,26D,27D,28D,29D,42D,43D,44D,45D,46D,47D,48D,49D,70D2,71D2,72D2. The van der Waals surface area contributed by atoms with Crippen LogP contribution in [0.1, 0.15) is 214 Å². The van der Waals surface area contributed by atoms with Crippen molar-refractivity contribution in [2.75, 3.05) is 9.80 Å². The van der Waals surface area contributed by atoms with Gasteiger partial charge in [-0.1, -0.05) is 327 Å². The van der Waals surface area contributed by atoms with Crippen LogP contribution >= 0.6 is 0 Å². The Bertz CT molecular complexity index is 6990. The van der Waals surface area contributed by atoms with Crippen molar-refractivity contribution in [1.29, 1.82) is 0 Å². The van der Waals surface area contributed by atoms with E-state index < -0.39 is 139 Å². The van der Waals surface area contributed by atoms with Crippen molar-refractivity contribution in [3.8, 4) is 55.9 Å². The second-order valence-corrected chi connectivity index (χ2v) is 40.8. The third kappa shape index (κ3) is 16.1. The molecule has 0 radical (unpaired) electrons. The Morgan fingerprint density at radius 2 is 0.534 bits per heavy atom. The lowest BCUT2D eigenvalue weighted by Gasteiger charge is -2.46. The molecular formula is C113H121BN4. The second kappa shape index (κ2) is 29.6. The van der Waals surface area contributed by atoms with Crippen LogP contribution < -0.4 is 26.2 Å². The summed E-state index contributed by atoms with van der Waals surface area (Å²) < 4.78 is 223. The zero-order valence-corrected chi connectivity index (χ0v) is 72.4. The highest BCUT2D eigenvalue weighted by molar-refractivity contribution is 7.00. The topological polar surface area (TPSA) is 16.3 Å². The van der Waals surface area contributed by atoms with Gasteiger partial charge >= 0.3 is 0 Å². The van der Waals surface area contributed by atoms with Gasteiger partial charge in [0.05, 0.1) is 55.4 Å². The summed E-state index contributed by atoms with van der Waals surface area (Å²) in [4.78, 5) is 4.27. The van der Waals surface area contributed by atoms with E-state index in [-0.39, 0.29) is 82.2 Å². The zero-order chi connectivity index (χ0) is 102. The van der Waals surface area contributed by atoms with Crippen LogP contribution in [0.2, 0.25) is 0 Å². The molecule has 0 saturated carbocycles. The number of fused-ring (bicyclic) bond motifs is 10. The molecular weight excluding hydrogens is 1420 g/mol. The van der Waals surface area contributed by atoms with Gasteiger partial charge in [0.25, 0.3) is 6.71 Å². The summed E-state index contributed by atoms with van der Waals surface area (Å²) in [6.45, 7) is 41.8. The quantitative estimate of drug-likeness (QED) is 0.0951. The summed E-state index contributed by atoms with van der Waals surface area (Å²) >= 11 is 0. The van der Waals surface area contributed by atoms with Gasteiger partial charge in [0.15, 0.2) is 0 Å². The number of nitrogens with zero attached hydrogens (tertiary/aromatic N) is 4. The van der Waals surface area contributed by atoms with Gasteiger partial charge < -0.3 is 18.9 Å². The fraction of sp³-hybridized carbons (Fsp3) is 0.310. The highest BCUT2D eigenvalue weighted by Gasteiger charge is 2.47. The maximum Gasteiger partial charge on any atom is 0.252 e. The van der Waals surface area contributed by atoms with Crippen LogP contribution in [0, 0.1) is 37.9 Å². The lowest BCUT2D eigenvalue weighted by molar-refractivity contribution is 0.410. The van der Waals surface area contributed by atoms with E-state index in [1.807, 2.05) is 172 Å². The number of aromatic nitrogens is 2. The van der Waals surface area contributed by atoms with Crippen LogP contribution in [0.5, 0.6) is 0 Å². The van der Waals surface area contributed by atoms with Crippen molar-refractivity contribution in [3.05, 3.63) is 305 Å². The van der Waals surface area contributed by atoms with E-state index in [9.17, 15) is 30.2 Å². The molecule has 0 spiro atoms. The molecule has 0 atom stereocenters. The molecule has 596 valence electrons. The van der Waals surface area contributed by atoms with Crippen molar-refractivity contribution in [1.82, 2.24) is 9.13 Å². The van der Waals surface area contributed by atoms with Crippen molar-refractivity contribution in [2.24, 2.45) is 37.9 Å². The fourth-order valence-electron chi connectivity index (χ4n) is 18.1. The van der Waals surface area contributed by atoms with Gasteiger partial charge in [0.1, 0.15) is 0 Å². The van der Waals surface area contributed by atoms with Gasteiger partial charge in [0, 0.05) is 86.1 Å². The smallest absolute Gasteiger partial charge is 0.252 e. The molecule has 4 heterocycles. The molecule has 2 aromatic heterocycles. The van der Waals surface area contributed by atoms with Crippen molar-refractivity contribution < 1.29 is 30.2 Å². The first-order valence-corrected chi connectivity index (χ1v) is 41.6. The van der Waals surface area contributed by atoms with Crippen molar-refractivity contribution in [2.45, 2.75) is 190 Å². The second-order valence-electron chi connectivity index (χ2n) is 40.8. The van der Waals surface area contributed by atoms with Gasteiger partial charge in [-0.3, -0.25) is 0 Å². The Morgan fingerprint density at radius 3 is 0.797 bits per heavy atom. The Morgan fingerprint density at radius 1 is 0.271 bits per heavy atom. The van der Waals surface area contributed by atoms with E-state index in [4.69, 9.17) is 0 Å². The maximum atomic E-state index is 11.2. The highest BCUT2D eigenvalue weighted by Crippen LogP contribution is 2.56. The molecule has 4 nitrogen and oxygen atoms in total. The average molecular weight is 1570 g/mol. The number of benzene rings is 13. The predicted molar refractivity (Wildman–Crippen MR) is 513 cm³/mol. The van der Waals surface area contributed by atoms with E-state index in [1.165, 1.54) is 9.13 Å². The SMILES string of the molecule is [2H]c1c([2H])c([2H])c2c(c1[2H])c1c([2H])c([2H])c([2H])c([2H])c1n2-c1ccc2c(c1)N(c1c(-c3cccc(CC(C)(C)C)c3)cc(C([2H])([2H])C(C)(C)C)cc1-c1cccc(CC(C)(C)C)c1)c1cc(C([2H])([2H])C(C)(C)C)cc3c1B2c1ccc(-n2c4c([2H])c([2H])c([2H])c([2H])c4c4c([2H])c([2H])c([2H])c([2H])c42)cc1N3c1c(-c2cccc(CC(C)(C)C)c2)cc(C([2H])([2H])C(C)(C)C)cc1-c1cccc(CC(C)(C)C)c1. The Labute approximate surface area is 736 Å². The lowest BCUT2D eigenvalue weighted by Crippen LogP contribution is -2.61. The van der Waals surface area contributed by atoms with Crippen LogP contribution in [-0.2, 0) is 44.8 Å². The zero-order valence-electron chi connectivity index (χ0n) is 94.4. The van der Waals surface area contributed by atoms with Crippen LogP contribution in [0.25, 0.3) is 99.5 Å². The van der Waals surface area contributed by atoms with Crippen LogP contribution in [-0.4, -0.2) is 15.8 Å². The average Bonchev–Trinajstić information content (AvgIpc) is 0.937. The molecule has 0 bridgehead atoms. The van der Waals surface area contributed by atoms with Crippen molar-refractivity contribution in [3.63, 3.8) is 0 Å². The molecule has 15 aromatic rings. The molecule has 2 aliphatic rings. The molecule has 0 fully saturated rings. The number of rotatable bonds is 15. The minimum atomic E-state index is -2.36. The summed E-state index contributed by atoms with van der Waals surface area (Å²) in [6, 6.07) is 46.4. The predicted octanol–water partition coefficient (Wildman–Crippen LogP) is 29.8. The van der Waals surface area contributed by atoms with Gasteiger partial charge in [0.2, 0.25) is 0 Å². The van der Waals surface area contributed by atoms with Crippen LogP contribution in [0.15, 0.2) is 267 Å². The minimum absolute atomic E-state index is 0.154. The number of anilines is 6. The van der Waals surface area contributed by atoms with Gasteiger partial charge in [-0.15, -0.1) is 0 Å². The Kier molecular flexibility index (Phi) is 14.4. The Hall–Kier alpha value is -10.9. The summed E-state index contributed by atoms with van der Waals surface area (Å²) in [6.07, 6.45) is -4.14. The normalized spacial score (nSPS) is 16.5. The molecule has 13 aromatic carbocycles. The monoisotopic (exact) mass is 1570 g/mol.